The van der Waals surface area contributed by atoms with Crippen molar-refractivity contribution in [3.8, 4) is 0 Å². The Hall–Kier alpha value is -1.85. The van der Waals surface area contributed by atoms with Crippen molar-refractivity contribution in [3.05, 3.63) is 41.3 Å². The Balaban J connectivity index is 1.45. The van der Waals surface area contributed by atoms with Crippen LogP contribution in [-0.4, -0.2) is 36.7 Å². The van der Waals surface area contributed by atoms with Gasteiger partial charge in [0.05, 0.1) is 6.61 Å². The number of nitrogens with zero attached hydrogens (tertiary/aromatic N) is 1. The van der Waals surface area contributed by atoms with Crippen LogP contribution < -0.4 is 5.32 Å². The molecule has 2 aliphatic heterocycles. The molecular weight excluding hydrogens is 380 g/mol. The van der Waals surface area contributed by atoms with Crippen LogP contribution >= 0.6 is 11.3 Å². The molecule has 29 heavy (non-hydrogen) atoms. The lowest BCUT2D eigenvalue weighted by molar-refractivity contribution is 0.151. The van der Waals surface area contributed by atoms with Crippen LogP contribution in [0.25, 0.3) is 10.1 Å². The zero-order valence-corrected chi connectivity index (χ0v) is 18.2. The highest BCUT2D eigenvalue weighted by molar-refractivity contribution is 7.17. The minimum atomic E-state index is -0.378. The van der Waals surface area contributed by atoms with Crippen molar-refractivity contribution >= 4 is 33.2 Å². The summed E-state index contributed by atoms with van der Waals surface area (Å²) in [6.07, 6.45) is 12.3. The van der Waals surface area contributed by atoms with Crippen molar-refractivity contribution in [2.75, 3.05) is 25.0 Å². The van der Waals surface area contributed by atoms with E-state index in [0.717, 1.165) is 18.2 Å². The minimum absolute atomic E-state index is 0.378. The molecule has 5 heteroatoms. The van der Waals surface area contributed by atoms with Gasteiger partial charge in [-0.25, -0.2) is 4.79 Å². The number of rotatable bonds is 5. The first-order valence-electron chi connectivity index (χ1n) is 11.0. The van der Waals surface area contributed by atoms with Crippen molar-refractivity contribution in [1.82, 2.24) is 4.90 Å². The monoisotopic (exact) mass is 412 g/mol. The van der Waals surface area contributed by atoms with Gasteiger partial charge in [0.25, 0.3) is 0 Å². The summed E-state index contributed by atoms with van der Waals surface area (Å²) in [7, 11) is 0. The van der Waals surface area contributed by atoms with Gasteiger partial charge in [-0.05, 0) is 99.0 Å². The first-order chi connectivity index (χ1) is 14.2. The maximum atomic E-state index is 12.1. The Morgan fingerprint density at radius 1 is 1.24 bits per heavy atom. The fourth-order valence-corrected chi connectivity index (χ4v) is 5.86. The standard InChI is InChI=1S/C24H32N2O2S/c1-2-3-6-15-28-24(27)25-19-9-11-23-21(16-19)22(17-29-23)18-8-10-20-7-4-5-13-26(20)14-12-18/h2-3,9,11,16-18,20H,4-8,10,12-15H2,1H3,(H,25,27). The lowest BCUT2D eigenvalue weighted by Gasteiger charge is -2.33. The van der Waals surface area contributed by atoms with Crippen LogP contribution in [-0.2, 0) is 4.74 Å². The van der Waals surface area contributed by atoms with Crippen LogP contribution in [0.3, 0.4) is 0 Å². The third-order valence-electron chi connectivity index (χ3n) is 6.41. The van der Waals surface area contributed by atoms with E-state index >= 15 is 0 Å². The number of allylic oxidation sites excluding steroid dienone is 1. The van der Waals surface area contributed by atoms with Crippen molar-refractivity contribution in [2.45, 2.75) is 63.8 Å². The molecule has 2 unspecified atom stereocenters. The molecule has 1 N–H and O–H groups in total. The van der Waals surface area contributed by atoms with E-state index in [9.17, 15) is 4.79 Å². The van der Waals surface area contributed by atoms with Crippen LogP contribution in [0.5, 0.6) is 0 Å². The maximum Gasteiger partial charge on any atom is 0.411 e. The van der Waals surface area contributed by atoms with Crippen molar-refractivity contribution < 1.29 is 9.53 Å². The Labute approximate surface area is 177 Å². The first kappa shape index (κ1) is 20.4. The molecule has 3 heterocycles. The number of carbonyl (C=O) groups is 1. The molecular formula is C24H32N2O2S. The van der Waals surface area contributed by atoms with E-state index in [1.54, 1.807) is 0 Å². The molecule has 1 aromatic heterocycles. The summed E-state index contributed by atoms with van der Waals surface area (Å²) in [5, 5.41) is 6.54. The average molecular weight is 413 g/mol. The Morgan fingerprint density at radius 3 is 3.07 bits per heavy atom. The Kier molecular flexibility index (Phi) is 6.88. The molecule has 2 aromatic rings. The van der Waals surface area contributed by atoms with E-state index in [0.29, 0.717) is 12.5 Å². The number of nitrogens with one attached hydrogen (secondary N) is 1. The van der Waals surface area contributed by atoms with Crippen molar-refractivity contribution in [1.29, 1.82) is 0 Å². The highest BCUT2D eigenvalue weighted by atomic mass is 32.1. The summed E-state index contributed by atoms with van der Waals surface area (Å²) in [5.41, 5.74) is 2.29. The molecule has 2 atom stereocenters. The summed E-state index contributed by atoms with van der Waals surface area (Å²) in [5.74, 6) is 0.623. The number of thiophene rings is 1. The van der Waals surface area contributed by atoms with E-state index in [1.165, 1.54) is 67.3 Å². The van der Waals surface area contributed by atoms with E-state index in [2.05, 4.69) is 27.7 Å². The van der Waals surface area contributed by atoms with Gasteiger partial charge in [-0.1, -0.05) is 18.6 Å². The average Bonchev–Trinajstić information content (AvgIpc) is 3.03. The Morgan fingerprint density at radius 2 is 2.17 bits per heavy atom. The predicted octanol–water partition coefficient (Wildman–Crippen LogP) is 6.54. The normalized spacial score (nSPS) is 23.1. The third kappa shape index (κ3) is 5.01. The second-order valence-electron chi connectivity index (χ2n) is 8.27. The molecule has 0 saturated carbocycles. The van der Waals surface area contributed by atoms with Gasteiger partial charge in [0.1, 0.15) is 0 Å². The largest absolute Gasteiger partial charge is 0.449 e. The van der Waals surface area contributed by atoms with E-state index < -0.39 is 0 Å². The van der Waals surface area contributed by atoms with Crippen LogP contribution in [0.1, 0.15) is 63.4 Å². The minimum Gasteiger partial charge on any atom is -0.449 e. The number of hydrogen-bond donors (Lipinski definition) is 1. The molecule has 4 rings (SSSR count). The van der Waals surface area contributed by atoms with Crippen LogP contribution in [0.15, 0.2) is 35.7 Å². The van der Waals surface area contributed by atoms with Gasteiger partial charge in [0.2, 0.25) is 0 Å². The predicted molar refractivity (Wildman–Crippen MR) is 122 cm³/mol. The molecule has 2 fully saturated rings. The highest BCUT2D eigenvalue weighted by Gasteiger charge is 2.28. The van der Waals surface area contributed by atoms with Gasteiger partial charge in [-0.3, -0.25) is 5.32 Å². The SMILES string of the molecule is CC=CCCOC(=O)Nc1ccc2scc(C3CCC4CCCCN4CC3)c2c1. The molecule has 1 aromatic carbocycles. The molecule has 4 nitrogen and oxygen atoms in total. The Bertz CT molecular complexity index is 844. The van der Waals surface area contributed by atoms with E-state index in [4.69, 9.17) is 4.74 Å². The number of hydrogen-bond acceptors (Lipinski definition) is 4. The van der Waals surface area contributed by atoms with Gasteiger partial charge in [0, 0.05) is 16.4 Å². The lowest BCUT2D eigenvalue weighted by atomic mass is 9.90. The summed E-state index contributed by atoms with van der Waals surface area (Å²) < 4.78 is 6.55. The number of anilines is 1. The van der Waals surface area contributed by atoms with E-state index in [1.807, 2.05) is 36.5 Å². The number of amides is 1. The van der Waals surface area contributed by atoms with E-state index in [-0.39, 0.29) is 6.09 Å². The molecule has 2 aliphatic rings. The number of piperidine rings is 1. The smallest absolute Gasteiger partial charge is 0.411 e. The van der Waals surface area contributed by atoms with Crippen LogP contribution in [0.2, 0.25) is 0 Å². The van der Waals surface area contributed by atoms with Gasteiger partial charge >= 0.3 is 6.09 Å². The molecule has 156 valence electrons. The number of carbonyl (C=O) groups excluding carboxylic acids is 1. The van der Waals surface area contributed by atoms with Crippen LogP contribution in [0, 0.1) is 0 Å². The summed E-state index contributed by atoms with van der Waals surface area (Å²) in [4.78, 5) is 14.8. The fourth-order valence-electron chi connectivity index (χ4n) is 4.83. The zero-order chi connectivity index (χ0) is 20.1. The summed E-state index contributed by atoms with van der Waals surface area (Å²) >= 11 is 1.82. The molecule has 0 aliphatic carbocycles. The first-order valence-corrected chi connectivity index (χ1v) is 11.9. The number of benzene rings is 1. The second-order valence-corrected chi connectivity index (χ2v) is 9.18. The number of fused-ring (bicyclic) bond motifs is 2. The molecule has 0 bridgehead atoms. The fraction of sp³-hybridized carbons (Fsp3) is 0.542. The topological polar surface area (TPSA) is 41.6 Å². The molecule has 0 spiro atoms. The number of ether oxygens (including phenoxy) is 1. The lowest BCUT2D eigenvalue weighted by Crippen LogP contribution is -2.38. The maximum absolute atomic E-state index is 12.1. The van der Waals surface area contributed by atoms with Gasteiger partial charge in [-0.15, -0.1) is 11.3 Å². The van der Waals surface area contributed by atoms with Gasteiger partial charge < -0.3 is 9.64 Å². The molecule has 2 saturated heterocycles. The molecule has 0 radical (unpaired) electrons. The third-order valence-corrected chi connectivity index (χ3v) is 7.39. The van der Waals surface area contributed by atoms with Gasteiger partial charge in [-0.2, -0.15) is 0 Å². The van der Waals surface area contributed by atoms with Gasteiger partial charge in [0.15, 0.2) is 0 Å². The van der Waals surface area contributed by atoms with Crippen LogP contribution in [0.4, 0.5) is 10.5 Å². The van der Waals surface area contributed by atoms with Crippen molar-refractivity contribution in [2.24, 2.45) is 0 Å². The zero-order valence-electron chi connectivity index (χ0n) is 17.4. The summed E-state index contributed by atoms with van der Waals surface area (Å²) in [6, 6.07) is 7.03. The van der Waals surface area contributed by atoms with Crippen molar-refractivity contribution in [3.63, 3.8) is 0 Å². The highest BCUT2D eigenvalue weighted by Crippen LogP contribution is 2.39. The second kappa shape index (κ2) is 9.77. The summed E-state index contributed by atoms with van der Waals surface area (Å²) in [6.45, 7) is 4.88. The molecule has 1 amide bonds. The quantitative estimate of drug-likeness (QED) is 0.448.